The molecule has 0 aliphatic carbocycles. The number of hydrogen-bond acceptors (Lipinski definition) is 3. The summed E-state index contributed by atoms with van der Waals surface area (Å²) in [6, 6.07) is 12.8. The molecule has 21 heavy (non-hydrogen) atoms. The van der Waals surface area contributed by atoms with Crippen LogP contribution in [-0.4, -0.2) is 13.7 Å². The molecule has 0 radical (unpaired) electrons. The number of halogens is 2. The second-order valence-corrected chi connectivity index (χ2v) is 5.22. The number of nitrogens with zero attached hydrogens (tertiary/aromatic N) is 1. The normalized spacial score (nSPS) is 10.0. The molecular formula is C16H14BrFN2O. The van der Waals surface area contributed by atoms with E-state index in [0.717, 1.165) is 17.7 Å². The van der Waals surface area contributed by atoms with Crippen LogP contribution < -0.4 is 10.1 Å². The summed E-state index contributed by atoms with van der Waals surface area (Å²) in [6.07, 6.45) is 0.744. The highest BCUT2D eigenvalue weighted by molar-refractivity contribution is 9.10. The molecular weight excluding hydrogens is 335 g/mol. The van der Waals surface area contributed by atoms with Crippen LogP contribution in [0.25, 0.3) is 0 Å². The van der Waals surface area contributed by atoms with Crippen molar-refractivity contribution in [3.8, 4) is 11.8 Å². The minimum absolute atomic E-state index is 0.191. The molecule has 0 spiro atoms. The molecule has 0 aliphatic rings. The van der Waals surface area contributed by atoms with Crippen LogP contribution in [0, 0.1) is 17.1 Å². The van der Waals surface area contributed by atoms with Gasteiger partial charge in [0.15, 0.2) is 5.82 Å². The maximum Gasteiger partial charge on any atom is 0.161 e. The van der Waals surface area contributed by atoms with E-state index in [0.29, 0.717) is 12.2 Å². The molecule has 2 aromatic carbocycles. The van der Waals surface area contributed by atoms with Crippen LogP contribution in [0.4, 0.5) is 10.1 Å². The van der Waals surface area contributed by atoms with E-state index in [4.69, 9.17) is 10.00 Å². The molecule has 1 N–H and O–H groups in total. The highest BCUT2D eigenvalue weighted by atomic mass is 79.9. The average Bonchev–Trinajstić information content (AvgIpc) is 2.52. The quantitative estimate of drug-likeness (QED) is 0.883. The van der Waals surface area contributed by atoms with Gasteiger partial charge in [-0.2, -0.15) is 5.26 Å². The van der Waals surface area contributed by atoms with Crippen molar-refractivity contribution in [2.75, 3.05) is 19.0 Å². The number of benzene rings is 2. The van der Waals surface area contributed by atoms with Crippen molar-refractivity contribution in [2.45, 2.75) is 6.42 Å². The Kier molecular flexibility index (Phi) is 5.18. The van der Waals surface area contributed by atoms with Gasteiger partial charge in [-0.15, -0.1) is 0 Å². The monoisotopic (exact) mass is 348 g/mol. The van der Waals surface area contributed by atoms with Crippen LogP contribution in [0.5, 0.6) is 5.75 Å². The molecule has 0 amide bonds. The third kappa shape index (κ3) is 3.73. The van der Waals surface area contributed by atoms with Gasteiger partial charge in [-0.1, -0.05) is 12.1 Å². The smallest absolute Gasteiger partial charge is 0.161 e. The molecule has 0 atom stereocenters. The van der Waals surface area contributed by atoms with E-state index in [-0.39, 0.29) is 10.0 Å². The Morgan fingerprint density at radius 3 is 2.86 bits per heavy atom. The van der Waals surface area contributed by atoms with Crippen LogP contribution in [0.1, 0.15) is 11.1 Å². The second kappa shape index (κ2) is 7.09. The van der Waals surface area contributed by atoms with Gasteiger partial charge in [0.1, 0.15) is 11.8 Å². The first-order valence-corrected chi connectivity index (χ1v) is 7.20. The van der Waals surface area contributed by atoms with E-state index >= 15 is 0 Å². The Bertz CT molecular complexity index is 682. The summed E-state index contributed by atoms with van der Waals surface area (Å²) in [5, 5.41) is 11.9. The van der Waals surface area contributed by atoms with Crippen molar-refractivity contribution in [2.24, 2.45) is 0 Å². The zero-order valence-electron chi connectivity index (χ0n) is 11.5. The summed E-state index contributed by atoms with van der Waals surface area (Å²) >= 11 is 3.09. The Balaban J connectivity index is 2.01. The molecule has 2 rings (SSSR count). The Morgan fingerprint density at radius 2 is 2.14 bits per heavy atom. The predicted molar refractivity (Wildman–Crippen MR) is 84.0 cm³/mol. The molecule has 0 fully saturated rings. The van der Waals surface area contributed by atoms with E-state index in [1.165, 1.54) is 0 Å². The van der Waals surface area contributed by atoms with Crippen molar-refractivity contribution in [1.82, 2.24) is 0 Å². The summed E-state index contributed by atoms with van der Waals surface area (Å²) in [5.41, 5.74) is 1.77. The highest BCUT2D eigenvalue weighted by Gasteiger charge is 2.10. The number of nitrogens with one attached hydrogen (secondary N) is 1. The summed E-state index contributed by atoms with van der Waals surface area (Å²) in [6.45, 7) is 0.586. The van der Waals surface area contributed by atoms with Crippen LogP contribution >= 0.6 is 15.9 Å². The number of nitriles is 1. The van der Waals surface area contributed by atoms with E-state index in [2.05, 4.69) is 21.2 Å². The van der Waals surface area contributed by atoms with Gasteiger partial charge in [-0.25, -0.2) is 4.39 Å². The summed E-state index contributed by atoms with van der Waals surface area (Å²) < 4.78 is 19.4. The maximum atomic E-state index is 14.0. The molecule has 5 heteroatoms. The second-order valence-electron chi connectivity index (χ2n) is 4.43. The SMILES string of the molecule is COc1cccc(CCNc2ccc(C#N)c(Br)c2F)c1. The number of hydrogen-bond donors (Lipinski definition) is 1. The van der Waals surface area contributed by atoms with Gasteiger partial charge in [0.05, 0.1) is 22.8 Å². The first-order valence-electron chi connectivity index (χ1n) is 6.40. The summed E-state index contributed by atoms with van der Waals surface area (Å²) in [4.78, 5) is 0. The van der Waals surface area contributed by atoms with Gasteiger partial charge in [0.2, 0.25) is 0 Å². The maximum absolute atomic E-state index is 14.0. The predicted octanol–water partition coefficient (Wildman–Crippen LogP) is 4.12. The lowest BCUT2D eigenvalue weighted by Crippen LogP contribution is -2.07. The molecule has 2 aromatic rings. The minimum atomic E-state index is -0.445. The zero-order chi connectivity index (χ0) is 15.2. The van der Waals surface area contributed by atoms with Crippen molar-refractivity contribution in [3.63, 3.8) is 0 Å². The van der Waals surface area contributed by atoms with Crippen molar-refractivity contribution >= 4 is 21.6 Å². The topological polar surface area (TPSA) is 45.0 Å². The third-order valence-corrected chi connectivity index (χ3v) is 3.84. The van der Waals surface area contributed by atoms with Crippen LogP contribution in [-0.2, 0) is 6.42 Å². The van der Waals surface area contributed by atoms with Gasteiger partial charge >= 0.3 is 0 Å². The highest BCUT2D eigenvalue weighted by Crippen LogP contribution is 2.26. The molecule has 0 saturated carbocycles. The zero-order valence-corrected chi connectivity index (χ0v) is 13.1. The van der Waals surface area contributed by atoms with E-state index in [9.17, 15) is 4.39 Å². The molecule has 0 bridgehead atoms. The lowest BCUT2D eigenvalue weighted by molar-refractivity contribution is 0.414. The molecule has 0 unspecified atom stereocenters. The van der Waals surface area contributed by atoms with Crippen LogP contribution in [0.3, 0.4) is 0 Å². The van der Waals surface area contributed by atoms with Gasteiger partial charge in [0.25, 0.3) is 0 Å². The Labute approximate surface area is 131 Å². The van der Waals surface area contributed by atoms with E-state index in [1.807, 2.05) is 30.3 Å². The van der Waals surface area contributed by atoms with Gasteiger partial charge < -0.3 is 10.1 Å². The van der Waals surface area contributed by atoms with Gasteiger partial charge in [-0.05, 0) is 52.2 Å². The lowest BCUT2D eigenvalue weighted by Gasteiger charge is -2.10. The fraction of sp³-hybridized carbons (Fsp3) is 0.188. The van der Waals surface area contributed by atoms with Crippen LogP contribution in [0.2, 0.25) is 0 Å². The number of rotatable bonds is 5. The molecule has 0 aliphatic heterocycles. The third-order valence-electron chi connectivity index (χ3n) is 3.07. The molecule has 108 valence electrons. The van der Waals surface area contributed by atoms with Crippen molar-refractivity contribution in [1.29, 1.82) is 5.26 Å². The number of anilines is 1. The molecule has 0 heterocycles. The van der Waals surface area contributed by atoms with E-state index in [1.54, 1.807) is 19.2 Å². The van der Waals surface area contributed by atoms with E-state index < -0.39 is 5.82 Å². The van der Waals surface area contributed by atoms with Crippen molar-refractivity contribution < 1.29 is 9.13 Å². The standard InChI is InChI=1S/C16H14BrFN2O/c1-21-13-4-2-3-11(9-13)7-8-20-14-6-5-12(10-19)15(17)16(14)18/h2-6,9,20H,7-8H2,1H3. The summed E-state index contributed by atoms with van der Waals surface area (Å²) in [7, 11) is 1.63. The summed E-state index contributed by atoms with van der Waals surface area (Å²) in [5.74, 6) is 0.361. The van der Waals surface area contributed by atoms with Gasteiger partial charge in [0, 0.05) is 6.54 Å². The molecule has 0 saturated heterocycles. The largest absolute Gasteiger partial charge is 0.497 e. The average molecular weight is 349 g/mol. The molecule has 3 nitrogen and oxygen atoms in total. The van der Waals surface area contributed by atoms with Gasteiger partial charge in [-0.3, -0.25) is 0 Å². The fourth-order valence-electron chi connectivity index (χ4n) is 1.94. The Hall–Kier alpha value is -2.06. The van der Waals surface area contributed by atoms with Crippen molar-refractivity contribution in [3.05, 3.63) is 57.8 Å². The number of methoxy groups -OCH3 is 1. The number of ether oxygens (including phenoxy) is 1. The van der Waals surface area contributed by atoms with Crippen LogP contribution in [0.15, 0.2) is 40.9 Å². The minimum Gasteiger partial charge on any atom is -0.497 e. The Morgan fingerprint density at radius 1 is 1.33 bits per heavy atom. The lowest BCUT2D eigenvalue weighted by atomic mass is 10.1. The first-order chi connectivity index (χ1) is 10.2. The first kappa shape index (κ1) is 15.3. The fourth-order valence-corrected chi connectivity index (χ4v) is 2.38. The molecule has 0 aromatic heterocycles.